The first kappa shape index (κ1) is 12.4. The first-order valence-corrected chi connectivity index (χ1v) is 7.03. The van der Waals surface area contributed by atoms with Crippen molar-refractivity contribution in [2.45, 2.75) is 39.9 Å². The summed E-state index contributed by atoms with van der Waals surface area (Å²) in [5, 5.41) is 3.39. The normalized spacial score (nSPS) is 14.1. The van der Waals surface area contributed by atoms with E-state index in [2.05, 4.69) is 46.9 Å². The molecule has 1 N–H and O–H groups in total. The van der Waals surface area contributed by atoms with Crippen molar-refractivity contribution in [3.05, 3.63) is 53.1 Å². The SMILES string of the molecule is CC(C)Cc1cncn1Cc1ccc2c(c1)CNC2. The van der Waals surface area contributed by atoms with Crippen molar-refractivity contribution >= 4 is 0 Å². The number of imidazole rings is 1. The van der Waals surface area contributed by atoms with Crippen LogP contribution in [0, 0.1) is 5.92 Å². The predicted octanol–water partition coefficient (Wildman–Crippen LogP) is 2.73. The molecular weight excluding hydrogens is 234 g/mol. The molecular formula is C16H21N3. The second kappa shape index (κ2) is 5.17. The van der Waals surface area contributed by atoms with Gasteiger partial charge in [0.15, 0.2) is 0 Å². The molecule has 0 atom stereocenters. The monoisotopic (exact) mass is 255 g/mol. The maximum absolute atomic E-state index is 4.29. The van der Waals surface area contributed by atoms with E-state index in [-0.39, 0.29) is 0 Å². The lowest BCUT2D eigenvalue weighted by Crippen LogP contribution is -2.06. The Morgan fingerprint density at radius 3 is 2.95 bits per heavy atom. The maximum Gasteiger partial charge on any atom is 0.0951 e. The van der Waals surface area contributed by atoms with E-state index in [1.807, 2.05) is 12.5 Å². The Hall–Kier alpha value is -1.61. The van der Waals surface area contributed by atoms with Crippen LogP contribution in [0.2, 0.25) is 0 Å². The summed E-state index contributed by atoms with van der Waals surface area (Å²) in [4.78, 5) is 4.29. The van der Waals surface area contributed by atoms with Crippen molar-refractivity contribution in [1.82, 2.24) is 14.9 Å². The van der Waals surface area contributed by atoms with Crippen molar-refractivity contribution in [2.75, 3.05) is 0 Å². The second-order valence-corrected chi connectivity index (χ2v) is 5.82. The average molecular weight is 255 g/mol. The van der Waals surface area contributed by atoms with Crippen LogP contribution in [-0.2, 0) is 26.1 Å². The summed E-state index contributed by atoms with van der Waals surface area (Å²) in [6.45, 7) is 7.44. The lowest BCUT2D eigenvalue weighted by molar-refractivity contribution is 0.604. The molecule has 3 nitrogen and oxygen atoms in total. The molecule has 0 aliphatic carbocycles. The maximum atomic E-state index is 4.29. The summed E-state index contributed by atoms with van der Waals surface area (Å²) in [5.41, 5.74) is 5.58. The highest BCUT2D eigenvalue weighted by Gasteiger charge is 2.11. The fourth-order valence-corrected chi connectivity index (χ4v) is 2.72. The standard InChI is InChI=1S/C16H21N3/c1-12(2)5-16-9-18-11-19(16)10-13-3-4-14-7-17-8-15(14)6-13/h3-4,6,9,11-12,17H,5,7-8,10H2,1-2H3. The predicted molar refractivity (Wildman–Crippen MR) is 76.9 cm³/mol. The number of fused-ring (bicyclic) bond motifs is 1. The van der Waals surface area contributed by atoms with Gasteiger partial charge in [-0.2, -0.15) is 0 Å². The molecule has 0 radical (unpaired) electrons. The zero-order valence-electron chi connectivity index (χ0n) is 11.7. The molecule has 3 heteroatoms. The number of rotatable bonds is 4. The second-order valence-electron chi connectivity index (χ2n) is 5.82. The fraction of sp³-hybridized carbons (Fsp3) is 0.438. The molecule has 0 saturated heterocycles. The van der Waals surface area contributed by atoms with Crippen LogP contribution < -0.4 is 5.32 Å². The van der Waals surface area contributed by atoms with Crippen LogP contribution in [0.4, 0.5) is 0 Å². The summed E-state index contributed by atoms with van der Waals surface area (Å²) >= 11 is 0. The van der Waals surface area contributed by atoms with Gasteiger partial charge in [0.1, 0.15) is 0 Å². The Morgan fingerprint density at radius 1 is 1.26 bits per heavy atom. The molecule has 0 fully saturated rings. The van der Waals surface area contributed by atoms with Gasteiger partial charge < -0.3 is 9.88 Å². The molecule has 0 saturated carbocycles. The summed E-state index contributed by atoms with van der Waals surface area (Å²) in [6, 6.07) is 6.82. The smallest absolute Gasteiger partial charge is 0.0951 e. The van der Waals surface area contributed by atoms with Crippen molar-refractivity contribution < 1.29 is 0 Å². The molecule has 0 spiro atoms. The summed E-state index contributed by atoms with van der Waals surface area (Å²) in [5.74, 6) is 0.666. The lowest BCUT2D eigenvalue weighted by atomic mass is 10.1. The zero-order valence-corrected chi connectivity index (χ0v) is 11.7. The van der Waals surface area contributed by atoms with E-state index in [0.29, 0.717) is 5.92 Å². The molecule has 0 amide bonds. The van der Waals surface area contributed by atoms with Crippen LogP contribution >= 0.6 is 0 Å². The lowest BCUT2D eigenvalue weighted by Gasteiger charge is -2.11. The summed E-state index contributed by atoms with van der Waals surface area (Å²) < 4.78 is 2.27. The highest BCUT2D eigenvalue weighted by atomic mass is 15.0. The number of benzene rings is 1. The Bertz CT molecular complexity index is 569. The van der Waals surface area contributed by atoms with Crippen molar-refractivity contribution in [3.8, 4) is 0 Å². The van der Waals surface area contributed by atoms with Gasteiger partial charge in [0.25, 0.3) is 0 Å². The zero-order chi connectivity index (χ0) is 13.2. The van der Waals surface area contributed by atoms with Gasteiger partial charge in [-0.05, 0) is 29.0 Å². The number of hydrogen-bond donors (Lipinski definition) is 1. The van der Waals surface area contributed by atoms with E-state index in [1.165, 1.54) is 22.4 Å². The summed E-state index contributed by atoms with van der Waals surface area (Å²) in [6.07, 6.45) is 5.03. The molecule has 0 bridgehead atoms. The highest BCUT2D eigenvalue weighted by Crippen LogP contribution is 2.18. The Morgan fingerprint density at radius 2 is 2.11 bits per heavy atom. The number of hydrogen-bond acceptors (Lipinski definition) is 2. The third kappa shape index (κ3) is 2.71. The quantitative estimate of drug-likeness (QED) is 0.910. The molecule has 100 valence electrons. The molecule has 2 aromatic rings. The van der Waals surface area contributed by atoms with E-state index in [4.69, 9.17) is 0 Å². The molecule has 2 heterocycles. The minimum atomic E-state index is 0.666. The van der Waals surface area contributed by atoms with Crippen molar-refractivity contribution in [3.63, 3.8) is 0 Å². The third-order valence-electron chi connectivity index (χ3n) is 3.67. The Kier molecular flexibility index (Phi) is 3.38. The molecule has 1 aromatic heterocycles. The average Bonchev–Trinajstić information content (AvgIpc) is 2.98. The van der Waals surface area contributed by atoms with Crippen LogP contribution in [0.3, 0.4) is 0 Å². The number of nitrogens with one attached hydrogen (secondary N) is 1. The third-order valence-corrected chi connectivity index (χ3v) is 3.67. The van der Waals surface area contributed by atoms with Crippen LogP contribution in [0.1, 0.15) is 36.2 Å². The van der Waals surface area contributed by atoms with Crippen LogP contribution in [0.5, 0.6) is 0 Å². The Balaban J connectivity index is 1.80. The van der Waals surface area contributed by atoms with E-state index < -0.39 is 0 Å². The molecule has 1 aromatic carbocycles. The van der Waals surface area contributed by atoms with E-state index >= 15 is 0 Å². The van der Waals surface area contributed by atoms with Gasteiger partial charge in [0.05, 0.1) is 6.33 Å². The van der Waals surface area contributed by atoms with Gasteiger partial charge in [-0.1, -0.05) is 32.0 Å². The molecule has 1 aliphatic heterocycles. The van der Waals surface area contributed by atoms with Gasteiger partial charge in [0.2, 0.25) is 0 Å². The van der Waals surface area contributed by atoms with E-state index in [1.54, 1.807) is 0 Å². The molecule has 19 heavy (non-hydrogen) atoms. The highest BCUT2D eigenvalue weighted by molar-refractivity contribution is 5.34. The topological polar surface area (TPSA) is 29.9 Å². The van der Waals surface area contributed by atoms with Crippen LogP contribution in [0.25, 0.3) is 0 Å². The van der Waals surface area contributed by atoms with Crippen LogP contribution in [-0.4, -0.2) is 9.55 Å². The first-order valence-electron chi connectivity index (χ1n) is 7.03. The number of aromatic nitrogens is 2. The van der Waals surface area contributed by atoms with Crippen LogP contribution in [0.15, 0.2) is 30.7 Å². The summed E-state index contributed by atoms with van der Waals surface area (Å²) in [7, 11) is 0. The fourth-order valence-electron chi connectivity index (χ4n) is 2.72. The number of nitrogens with zero attached hydrogens (tertiary/aromatic N) is 2. The van der Waals surface area contributed by atoms with Gasteiger partial charge in [-0.25, -0.2) is 4.98 Å². The van der Waals surface area contributed by atoms with Gasteiger partial charge in [0, 0.05) is 31.5 Å². The largest absolute Gasteiger partial charge is 0.330 e. The molecule has 3 rings (SSSR count). The first-order chi connectivity index (χ1) is 9.22. The van der Waals surface area contributed by atoms with E-state index in [9.17, 15) is 0 Å². The van der Waals surface area contributed by atoms with Gasteiger partial charge in [-0.15, -0.1) is 0 Å². The van der Waals surface area contributed by atoms with E-state index in [0.717, 1.165) is 26.1 Å². The molecule has 0 unspecified atom stereocenters. The molecule has 1 aliphatic rings. The Labute approximate surface area is 114 Å². The minimum Gasteiger partial charge on any atom is -0.330 e. The van der Waals surface area contributed by atoms with Crippen molar-refractivity contribution in [2.24, 2.45) is 5.92 Å². The van der Waals surface area contributed by atoms with Gasteiger partial charge >= 0.3 is 0 Å². The van der Waals surface area contributed by atoms with Gasteiger partial charge in [-0.3, -0.25) is 0 Å². The minimum absolute atomic E-state index is 0.666. The van der Waals surface area contributed by atoms with Crippen molar-refractivity contribution in [1.29, 1.82) is 0 Å².